The van der Waals surface area contributed by atoms with Gasteiger partial charge in [-0.15, -0.1) is 0 Å². The van der Waals surface area contributed by atoms with Gasteiger partial charge in [-0.05, 0) is 5.56 Å². The number of phenolic OH excluding ortho intramolecular Hbond substituents is 2. The zero-order valence-corrected chi connectivity index (χ0v) is 11.4. The molecule has 0 fully saturated rings. The Morgan fingerprint density at radius 3 is 2.57 bits per heavy atom. The van der Waals surface area contributed by atoms with Crippen molar-refractivity contribution < 1.29 is 24.5 Å². The molecule has 0 amide bonds. The molecule has 0 aliphatic carbocycles. The molecule has 0 spiro atoms. The number of ketones is 1. The predicted octanol–water partition coefficient (Wildman–Crippen LogP) is 2.35. The number of fused-ring (bicyclic) bond motifs is 1. The lowest BCUT2D eigenvalue weighted by Crippen LogP contribution is -2.26. The topological polar surface area (TPSA) is 76.0 Å². The molecule has 1 atom stereocenters. The number of carbonyl (C=O) groups excluding carboxylic acids is 1. The third kappa shape index (κ3) is 2.16. The number of hydrogen-bond acceptors (Lipinski definition) is 5. The molecule has 3 rings (SSSR count). The van der Waals surface area contributed by atoms with Crippen molar-refractivity contribution in [1.29, 1.82) is 0 Å². The maximum absolute atomic E-state index is 12.3. The van der Waals surface area contributed by atoms with E-state index in [4.69, 9.17) is 9.47 Å². The Labute approximate surface area is 121 Å². The van der Waals surface area contributed by atoms with Crippen LogP contribution in [0, 0.1) is 0 Å². The minimum absolute atomic E-state index is 0.0252. The molecule has 0 aromatic heterocycles. The standard InChI is InChI=1S/C16H14O5/c1-20-16-13(19)8-11(17)10-7-12(18)14(21-15(10)16)9-5-3-2-4-6-9/h2-6,8,14,17,19H,7H2,1H3. The first-order valence-electron chi connectivity index (χ1n) is 6.48. The molecule has 108 valence electrons. The number of methoxy groups -OCH3 is 1. The van der Waals surface area contributed by atoms with Crippen molar-refractivity contribution in [2.45, 2.75) is 12.5 Å². The monoisotopic (exact) mass is 286 g/mol. The molecular weight excluding hydrogens is 272 g/mol. The highest BCUT2D eigenvalue weighted by molar-refractivity contribution is 5.90. The lowest BCUT2D eigenvalue weighted by Gasteiger charge is -2.27. The van der Waals surface area contributed by atoms with Gasteiger partial charge in [-0.3, -0.25) is 4.79 Å². The third-order valence-corrected chi connectivity index (χ3v) is 3.48. The minimum Gasteiger partial charge on any atom is -0.507 e. The Hall–Kier alpha value is -2.69. The Balaban J connectivity index is 2.10. The molecule has 1 aliphatic rings. The Morgan fingerprint density at radius 2 is 1.90 bits per heavy atom. The van der Waals surface area contributed by atoms with Crippen LogP contribution in [0.2, 0.25) is 0 Å². The SMILES string of the molecule is COc1c(O)cc(O)c2c1OC(c1ccccc1)C(=O)C2. The lowest BCUT2D eigenvalue weighted by molar-refractivity contribution is -0.126. The first-order valence-corrected chi connectivity index (χ1v) is 6.48. The van der Waals surface area contributed by atoms with Crippen molar-refractivity contribution in [3.05, 3.63) is 47.5 Å². The molecule has 1 heterocycles. The van der Waals surface area contributed by atoms with E-state index < -0.39 is 6.10 Å². The molecule has 1 aliphatic heterocycles. The van der Waals surface area contributed by atoms with Gasteiger partial charge < -0.3 is 19.7 Å². The Morgan fingerprint density at radius 1 is 1.19 bits per heavy atom. The van der Waals surface area contributed by atoms with Gasteiger partial charge in [-0.2, -0.15) is 0 Å². The summed E-state index contributed by atoms with van der Waals surface area (Å²) in [5.41, 5.74) is 1.06. The average Bonchev–Trinajstić information content (AvgIpc) is 2.49. The van der Waals surface area contributed by atoms with E-state index in [1.807, 2.05) is 18.2 Å². The number of aromatic hydroxyl groups is 2. The van der Waals surface area contributed by atoms with E-state index in [1.54, 1.807) is 12.1 Å². The number of ether oxygens (including phenoxy) is 2. The first kappa shape index (κ1) is 13.3. The molecule has 1 unspecified atom stereocenters. The molecule has 2 aromatic carbocycles. The maximum Gasteiger partial charge on any atom is 0.203 e. The number of hydrogen-bond donors (Lipinski definition) is 2. The number of phenols is 2. The molecule has 5 nitrogen and oxygen atoms in total. The zero-order valence-electron chi connectivity index (χ0n) is 11.4. The van der Waals surface area contributed by atoms with Crippen LogP contribution in [0.4, 0.5) is 0 Å². The molecule has 5 heteroatoms. The van der Waals surface area contributed by atoms with Crippen LogP contribution in [0.3, 0.4) is 0 Å². The fraction of sp³-hybridized carbons (Fsp3) is 0.188. The second-order valence-corrected chi connectivity index (χ2v) is 4.81. The van der Waals surface area contributed by atoms with Gasteiger partial charge in [0.1, 0.15) is 5.75 Å². The van der Waals surface area contributed by atoms with Gasteiger partial charge >= 0.3 is 0 Å². The second kappa shape index (κ2) is 5.01. The highest BCUT2D eigenvalue weighted by Gasteiger charge is 2.34. The van der Waals surface area contributed by atoms with Gasteiger partial charge in [0.2, 0.25) is 5.75 Å². The van der Waals surface area contributed by atoms with Crippen LogP contribution in [-0.4, -0.2) is 23.1 Å². The highest BCUT2D eigenvalue weighted by Crippen LogP contribution is 2.48. The predicted molar refractivity (Wildman–Crippen MR) is 74.8 cm³/mol. The van der Waals surface area contributed by atoms with Gasteiger partial charge in [-0.25, -0.2) is 0 Å². The largest absolute Gasteiger partial charge is 0.507 e. The summed E-state index contributed by atoms with van der Waals surface area (Å²) in [4.78, 5) is 12.3. The van der Waals surface area contributed by atoms with Crippen LogP contribution >= 0.6 is 0 Å². The van der Waals surface area contributed by atoms with Crippen molar-refractivity contribution >= 4 is 5.78 Å². The molecular formula is C16H14O5. The van der Waals surface area contributed by atoms with Crippen molar-refractivity contribution in [3.8, 4) is 23.0 Å². The van der Waals surface area contributed by atoms with Crippen molar-refractivity contribution in [1.82, 2.24) is 0 Å². The lowest BCUT2D eigenvalue weighted by atomic mass is 9.95. The fourth-order valence-electron chi connectivity index (χ4n) is 2.48. The van der Waals surface area contributed by atoms with Crippen molar-refractivity contribution in [2.75, 3.05) is 7.11 Å². The normalized spacial score (nSPS) is 17.0. The molecule has 2 N–H and O–H groups in total. The van der Waals surface area contributed by atoms with Crippen molar-refractivity contribution in [2.24, 2.45) is 0 Å². The Kier molecular flexibility index (Phi) is 3.17. The van der Waals surface area contributed by atoms with Gasteiger partial charge in [0.05, 0.1) is 7.11 Å². The van der Waals surface area contributed by atoms with E-state index in [0.29, 0.717) is 5.56 Å². The molecule has 0 saturated heterocycles. The third-order valence-electron chi connectivity index (χ3n) is 3.48. The number of carbonyl (C=O) groups is 1. The average molecular weight is 286 g/mol. The molecule has 21 heavy (non-hydrogen) atoms. The van der Waals surface area contributed by atoms with Crippen LogP contribution in [-0.2, 0) is 11.2 Å². The van der Waals surface area contributed by atoms with E-state index in [1.165, 1.54) is 7.11 Å². The summed E-state index contributed by atoms with van der Waals surface area (Å²) in [6.07, 6.45) is -0.744. The Bertz CT molecular complexity index is 694. The van der Waals surface area contributed by atoms with Crippen LogP contribution < -0.4 is 9.47 Å². The van der Waals surface area contributed by atoms with Crippen LogP contribution in [0.5, 0.6) is 23.0 Å². The summed E-state index contributed by atoms with van der Waals surface area (Å²) >= 11 is 0. The highest BCUT2D eigenvalue weighted by atomic mass is 16.5. The fourth-order valence-corrected chi connectivity index (χ4v) is 2.48. The zero-order chi connectivity index (χ0) is 15.0. The van der Waals surface area contributed by atoms with Gasteiger partial charge in [0.25, 0.3) is 0 Å². The van der Waals surface area contributed by atoms with Crippen LogP contribution in [0.25, 0.3) is 0 Å². The van der Waals surface area contributed by atoms with Crippen LogP contribution in [0.1, 0.15) is 17.2 Å². The summed E-state index contributed by atoms with van der Waals surface area (Å²) in [5.74, 6) is -0.227. The van der Waals surface area contributed by atoms with E-state index >= 15 is 0 Å². The summed E-state index contributed by atoms with van der Waals surface area (Å²) < 4.78 is 10.8. The summed E-state index contributed by atoms with van der Waals surface area (Å²) in [6.45, 7) is 0. The minimum atomic E-state index is -0.770. The first-order chi connectivity index (χ1) is 10.1. The van der Waals surface area contributed by atoms with E-state index in [0.717, 1.165) is 11.6 Å². The summed E-state index contributed by atoms with van der Waals surface area (Å²) in [7, 11) is 1.39. The molecule has 0 bridgehead atoms. The van der Waals surface area contributed by atoms with Gasteiger partial charge in [0.15, 0.2) is 23.4 Å². The van der Waals surface area contributed by atoms with E-state index in [2.05, 4.69) is 0 Å². The number of Topliss-reactive ketones (excluding diaryl/α,β-unsaturated/α-hetero) is 1. The van der Waals surface area contributed by atoms with E-state index in [9.17, 15) is 15.0 Å². The van der Waals surface area contributed by atoms with Gasteiger partial charge in [-0.1, -0.05) is 30.3 Å². The smallest absolute Gasteiger partial charge is 0.203 e. The quantitative estimate of drug-likeness (QED) is 0.886. The molecule has 0 saturated carbocycles. The summed E-state index contributed by atoms with van der Waals surface area (Å²) in [6, 6.07) is 10.2. The van der Waals surface area contributed by atoms with E-state index in [-0.39, 0.29) is 35.2 Å². The number of benzene rings is 2. The summed E-state index contributed by atoms with van der Waals surface area (Å²) in [5, 5.41) is 19.7. The van der Waals surface area contributed by atoms with Crippen LogP contribution in [0.15, 0.2) is 36.4 Å². The molecule has 0 radical (unpaired) electrons. The molecule has 2 aromatic rings. The van der Waals surface area contributed by atoms with Gasteiger partial charge in [0, 0.05) is 18.1 Å². The second-order valence-electron chi connectivity index (χ2n) is 4.81. The maximum atomic E-state index is 12.3. The van der Waals surface area contributed by atoms with Crippen molar-refractivity contribution in [3.63, 3.8) is 0 Å². The number of rotatable bonds is 2.